The first-order valence-electron chi connectivity index (χ1n) is 7.03. The largest absolute Gasteiger partial charge is 0.379 e. The molecule has 1 aromatic carbocycles. The molecule has 1 aromatic rings. The van der Waals surface area contributed by atoms with Crippen LogP contribution in [0.5, 0.6) is 0 Å². The van der Waals surface area contributed by atoms with Gasteiger partial charge in [0.05, 0.1) is 5.60 Å². The molecule has 1 N–H and O–H groups in total. The fourth-order valence-electron chi connectivity index (χ4n) is 2.04. The third-order valence-electron chi connectivity index (χ3n) is 3.51. The van der Waals surface area contributed by atoms with Crippen molar-refractivity contribution < 1.29 is 9.13 Å². The maximum atomic E-state index is 13.9. The molecule has 0 aliphatic rings. The molecule has 0 aromatic heterocycles. The summed E-state index contributed by atoms with van der Waals surface area (Å²) in [6, 6.07) is 7.06. The molecule has 1 rings (SSSR count). The van der Waals surface area contributed by atoms with Gasteiger partial charge in [-0.05, 0) is 45.7 Å². The number of hydrogen-bond donors (Lipinski definition) is 1. The van der Waals surface area contributed by atoms with Crippen molar-refractivity contribution in [2.24, 2.45) is 0 Å². The van der Waals surface area contributed by atoms with E-state index in [1.165, 1.54) is 6.07 Å². The summed E-state index contributed by atoms with van der Waals surface area (Å²) >= 11 is 0. The Morgan fingerprint density at radius 2 is 2.00 bits per heavy atom. The first kappa shape index (κ1) is 16.1. The van der Waals surface area contributed by atoms with Gasteiger partial charge in [0.2, 0.25) is 0 Å². The van der Waals surface area contributed by atoms with Crippen LogP contribution in [-0.4, -0.2) is 19.3 Å². The average Bonchev–Trinajstić information content (AvgIpc) is 2.40. The van der Waals surface area contributed by atoms with Gasteiger partial charge in [-0.2, -0.15) is 0 Å². The highest BCUT2D eigenvalue weighted by atomic mass is 19.1. The van der Waals surface area contributed by atoms with Crippen LogP contribution in [0, 0.1) is 5.82 Å². The van der Waals surface area contributed by atoms with Gasteiger partial charge in [-0.25, -0.2) is 4.39 Å². The van der Waals surface area contributed by atoms with Crippen molar-refractivity contribution >= 4 is 0 Å². The number of halogens is 1. The Balaban J connectivity index is 2.75. The molecule has 0 saturated carbocycles. The van der Waals surface area contributed by atoms with Crippen LogP contribution in [0.2, 0.25) is 0 Å². The van der Waals surface area contributed by atoms with Crippen LogP contribution in [-0.2, 0) is 4.74 Å². The molecule has 0 amide bonds. The Morgan fingerprint density at radius 3 is 2.58 bits per heavy atom. The molecule has 1 atom stereocenters. The molecule has 0 heterocycles. The topological polar surface area (TPSA) is 21.3 Å². The van der Waals surface area contributed by atoms with Crippen LogP contribution in [0.4, 0.5) is 4.39 Å². The van der Waals surface area contributed by atoms with Crippen LogP contribution in [0.1, 0.15) is 51.6 Å². The molecule has 0 aliphatic carbocycles. The molecule has 0 fully saturated rings. The lowest BCUT2D eigenvalue weighted by Crippen LogP contribution is -2.28. The SMILES string of the molecule is CCCNC(CCC(C)(C)OC)c1ccccc1F. The van der Waals surface area contributed by atoms with Crippen LogP contribution < -0.4 is 5.32 Å². The number of rotatable bonds is 8. The Morgan fingerprint density at radius 1 is 1.32 bits per heavy atom. The maximum Gasteiger partial charge on any atom is 0.127 e. The van der Waals surface area contributed by atoms with Crippen molar-refractivity contribution in [2.75, 3.05) is 13.7 Å². The van der Waals surface area contributed by atoms with E-state index in [4.69, 9.17) is 4.74 Å². The molecular formula is C16H26FNO. The zero-order valence-electron chi connectivity index (χ0n) is 12.5. The molecule has 0 bridgehead atoms. The van der Waals surface area contributed by atoms with Gasteiger partial charge in [0.25, 0.3) is 0 Å². The summed E-state index contributed by atoms with van der Waals surface area (Å²) < 4.78 is 19.3. The van der Waals surface area contributed by atoms with Crippen molar-refractivity contribution in [3.8, 4) is 0 Å². The fourth-order valence-corrected chi connectivity index (χ4v) is 2.04. The highest BCUT2D eigenvalue weighted by Gasteiger charge is 2.21. The van der Waals surface area contributed by atoms with Crippen LogP contribution >= 0.6 is 0 Å². The van der Waals surface area contributed by atoms with Gasteiger partial charge >= 0.3 is 0 Å². The standard InChI is InChI=1S/C16H26FNO/c1-5-12-18-15(10-11-16(2,3)19-4)13-8-6-7-9-14(13)17/h6-9,15,18H,5,10-12H2,1-4H3. The number of benzene rings is 1. The van der Waals surface area contributed by atoms with E-state index in [-0.39, 0.29) is 17.5 Å². The normalized spacial score (nSPS) is 13.5. The molecule has 108 valence electrons. The number of nitrogens with one attached hydrogen (secondary N) is 1. The minimum absolute atomic E-state index is 0.0515. The summed E-state index contributed by atoms with van der Waals surface area (Å²) in [4.78, 5) is 0. The summed E-state index contributed by atoms with van der Waals surface area (Å²) in [6.45, 7) is 7.13. The van der Waals surface area contributed by atoms with Gasteiger partial charge in [0, 0.05) is 18.7 Å². The first-order valence-corrected chi connectivity index (χ1v) is 7.03. The minimum Gasteiger partial charge on any atom is -0.379 e. The zero-order valence-corrected chi connectivity index (χ0v) is 12.5. The summed E-state index contributed by atoms with van der Waals surface area (Å²) in [5, 5.41) is 3.43. The van der Waals surface area contributed by atoms with E-state index < -0.39 is 0 Å². The van der Waals surface area contributed by atoms with Gasteiger partial charge < -0.3 is 10.1 Å². The monoisotopic (exact) mass is 267 g/mol. The first-order chi connectivity index (χ1) is 9.00. The van der Waals surface area contributed by atoms with E-state index in [0.29, 0.717) is 0 Å². The smallest absolute Gasteiger partial charge is 0.127 e. The van der Waals surface area contributed by atoms with Crippen molar-refractivity contribution in [1.29, 1.82) is 0 Å². The lowest BCUT2D eigenvalue weighted by molar-refractivity contribution is 0.0116. The third-order valence-corrected chi connectivity index (χ3v) is 3.51. The molecule has 0 saturated heterocycles. The second kappa shape index (κ2) is 7.61. The molecular weight excluding hydrogens is 241 g/mol. The predicted molar refractivity (Wildman–Crippen MR) is 77.8 cm³/mol. The van der Waals surface area contributed by atoms with Crippen molar-refractivity contribution in [2.45, 2.75) is 51.7 Å². The summed E-state index contributed by atoms with van der Waals surface area (Å²) in [5.41, 5.74) is 0.583. The average molecular weight is 267 g/mol. The lowest BCUT2D eigenvalue weighted by atomic mass is 9.94. The molecule has 1 unspecified atom stereocenters. The van der Waals surface area contributed by atoms with E-state index in [1.54, 1.807) is 13.2 Å². The minimum atomic E-state index is -0.169. The molecule has 0 aliphatic heterocycles. The highest BCUT2D eigenvalue weighted by Crippen LogP contribution is 2.26. The summed E-state index contributed by atoms with van der Waals surface area (Å²) in [6.07, 6.45) is 2.79. The maximum absolute atomic E-state index is 13.9. The summed E-state index contributed by atoms with van der Waals surface area (Å²) in [7, 11) is 1.72. The van der Waals surface area contributed by atoms with E-state index in [1.807, 2.05) is 12.1 Å². The van der Waals surface area contributed by atoms with Gasteiger partial charge in [0.1, 0.15) is 5.82 Å². The number of ether oxygens (including phenoxy) is 1. The number of hydrogen-bond acceptors (Lipinski definition) is 2. The Hall–Kier alpha value is -0.930. The fraction of sp³-hybridized carbons (Fsp3) is 0.625. The predicted octanol–water partition coefficient (Wildman–Crippen LogP) is 4.07. The third kappa shape index (κ3) is 5.29. The van der Waals surface area contributed by atoms with Crippen LogP contribution in [0.15, 0.2) is 24.3 Å². The van der Waals surface area contributed by atoms with E-state index in [2.05, 4.69) is 26.1 Å². The Labute approximate surface area is 116 Å². The summed E-state index contributed by atoms with van der Waals surface area (Å²) in [5.74, 6) is -0.133. The molecule has 19 heavy (non-hydrogen) atoms. The second-order valence-electron chi connectivity index (χ2n) is 5.53. The van der Waals surface area contributed by atoms with E-state index in [0.717, 1.165) is 31.4 Å². The second-order valence-corrected chi connectivity index (χ2v) is 5.53. The number of methoxy groups -OCH3 is 1. The lowest BCUT2D eigenvalue weighted by Gasteiger charge is -2.27. The van der Waals surface area contributed by atoms with Crippen molar-refractivity contribution in [3.05, 3.63) is 35.6 Å². The quantitative estimate of drug-likeness (QED) is 0.766. The van der Waals surface area contributed by atoms with Gasteiger partial charge in [0.15, 0.2) is 0 Å². The van der Waals surface area contributed by atoms with Crippen LogP contribution in [0.25, 0.3) is 0 Å². The Kier molecular flexibility index (Phi) is 6.46. The van der Waals surface area contributed by atoms with Crippen LogP contribution in [0.3, 0.4) is 0 Å². The van der Waals surface area contributed by atoms with Gasteiger partial charge in [-0.15, -0.1) is 0 Å². The van der Waals surface area contributed by atoms with Gasteiger partial charge in [-0.3, -0.25) is 0 Å². The molecule has 0 spiro atoms. The van der Waals surface area contributed by atoms with Gasteiger partial charge in [-0.1, -0.05) is 25.1 Å². The molecule has 2 nitrogen and oxygen atoms in total. The van der Waals surface area contributed by atoms with E-state index in [9.17, 15) is 4.39 Å². The highest BCUT2D eigenvalue weighted by molar-refractivity contribution is 5.21. The molecule has 3 heteroatoms. The Bertz CT molecular complexity index is 379. The van der Waals surface area contributed by atoms with Crippen molar-refractivity contribution in [3.63, 3.8) is 0 Å². The molecule has 0 radical (unpaired) electrons. The van der Waals surface area contributed by atoms with Crippen molar-refractivity contribution in [1.82, 2.24) is 5.32 Å². The zero-order chi connectivity index (χ0) is 14.3. The van der Waals surface area contributed by atoms with E-state index >= 15 is 0 Å².